The lowest BCUT2D eigenvalue weighted by Crippen LogP contribution is -2.56. The highest BCUT2D eigenvalue weighted by Crippen LogP contribution is 2.36. The molecule has 5 rings (SSSR count). The molecule has 3 heterocycles. The predicted octanol–water partition coefficient (Wildman–Crippen LogP) is 3.35. The van der Waals surface area contributed by atoms with Gasteiger partial charge < -0.3 is 10.2 Å². The zero-order chi connectivity index (χ0) is 23.0. The van der Waals surface area contributed by atoms with Gasteiger partial charge in [0.05, 0.1) is 18.1 Å². The molecule has 0 unspecified atom stereocenters. The van der Waals surface area contributed by atoms with Crippen molar-refractivity contribution >= 4 is 27.5 Å². The van der Waals surface area contributed by atoms with Gasteiger partial charge >= 0.3 is 0 Å². The highest BCUT2D eigenvalue weighted by molar-refractivity contribution is 9.10. The van der Waals surface area contributed by atoms with Crippen LogP contribution in [0, 0.1) is 0 Å². The largest absolute Gasteiger partial charge is 0.339 e. The van der Waals surface area contributed by atoms with E-state index in [2.05, 4.69) is 50.1 Å². The summed E-state index contributed by atoms with van der Waals surface area (Å²) < 4.78 is 4.40. The Morgan fingerprint density at radius 2 is 1.55 bits per heavy atom. The minimum absolute atomic E-state index is 0.0445. The first-order valence-electron chi connectivity index (χ1n) is 11.4. The van der Waals surface area contributed by atoms with Crippen molar-refractivity contribution in [3.05, 3.63) is 81.2 Å². The molecule has 0 saturated carbocycles. The molecular formula is C25H28BrN5O2. The predicted molar refractivity (Wildman–Crippen MR) is 133 cm³/mol. The molecule has 0 bridgehead atoms. The topological polar surface area (TPSA) is 62.5 Å². The molecule has 2 aromatic carbocycles. The molecule has 172 valence electrons. The number of carbonyl (C=O) groups is 1. The van der Waals surface area contributed by atoms with E-state index < -0.39 is 5.54 Å². The van der Waals surface area contributed by atoms with Gasteiger partial charge in [-0.2, -0.15) is 0 Å². The summed E-state index contributed by atoms with van der Waals surface area (Å²) in [4.78, 5) is 30.6. The van der Waals surface area contributed by atoms with Crippen LogP contribution in [0.2, 0.25) is 0 Å². The Balaban J connectivity index is 1.38. The van der Waals surface area contributed by atoms with Crippen LogP contribution in [0.1, 0.15) is 25.5 Å². The number of anilines is 1. The number of rotatable bonds is 5. The molecule has 1 N–H and O–H groups in total. The number of hydrogen-bond acceptors (Lipinski definition) is 4. The number of carbonyl (C=O) groups excluding carboxylic acids is 1. The standard InChI is InChI=1S/C25H28BrN5O2/c1-2-30-21(22(26)23(32)31(30)20-11-7-4-8-12-20)17-28-15-13-25(14-16-28)24(33)27-18-29(25)19-9-5-3-6-10-19/h3-12H,2,13-18H2,1H3,(H,27,33). The lowest BCUT2D eigenvalue weighted by atomic mass is 9.85. The van der Waals surface area contributed by atoms with Gasteiger partial charge in [0.25, 0.3) is 5.56 Å². The molecule has 1 amide bonds. The van der Waals surface area contributed by atoms with Gasteiger partial charge in [-0.3, -0.25) is 19.2 Å². The number of aromatic nitrogens is 2. The fraction of sp³-hybridized carbons (Fsp3) is 0.360. The number of para-hydroxylation sites is 2. The molecule has 2 aliphatic heterocycles. The van der Waals surface area contributed by atoms with E-state index >= 15 is 0 Å². The third-order valence-corrected chi connectivity index (χ3v) is 7.75. The Morgan fingerprint density at radius 3 is 2.15 bits per heavy atom. The summed E-state index contributed by atoms with van der Waals surface area (Å²) in [6.07, 6.45) is 1.50. The van der Waals surface area contributed by atoms with Crippen molar-refractivity contribution in [1.29, 1.82) is 0 Å². The summed E-state index contributed by atoms with van der Waals surface area (Å²) in [7, 11) is 0. The van der Waals surface area contributed by atoms with E-state index in [0.29, 0.717) is 24.2 Å². The van der Waals surface area contributed by atoms with E-state index in [4.69, 9.17) is 0 Å². The Labute approximate surface area is 201 Å². The Morgan fingerprint density at radius 1 is 0.939 bits per heavy atom. The smallest absolute Gasteiger partial charge is 0.286 e. The fourth-order valence-corrected chi connectivity index (χ4v) is 5.69. The van der Waals surface area contributed by atoms with Gasteiger partial charge in [0.15, 0.2) is 0 Å². The first-order chi connectivity index (χ1) is 16.0. The molecule has 1 spiro atoms. The number of benzene rings is 2. The van der Waals surface area contributed by atoms with Gasteiger partial charge in [-0.1, -0.05) is 36.4 Å². The average Bonchev–Trinajstić information content (AvgIpc) is 3.30. The van der Waals surface area contributed by atoms with Crippen LogP contribution in [0.4, 0.5) is 5.69 Å². The van der Waals surface area contributed by atoms with E-state index in [1.54, 1.807) is 4.68 Å². The van der Waals surface area contributed by atoms with E-state index in [9.17, 15) is 9.59 Å². The van der Waals surface area contributed by atoms with Crippen molar-refractivity contribution in [3.63, 3.8) is 0 Å². The SMILES string of the molecule is CCn1c(CN2CCC3(CC2)C(=O)NCN3c2ccccc2)c(Br)c(=O)n1-c1ccccc1. The number of nitrogens with one attached hydrogen (secondary N) is 1. The lowest BCUT2D eigenvalue weighted by Gasteiger charge is -2.43. The van der Waals surface area contributed by atoms with Crippen molar-refractivity contribution in [1.82, 2.24) is 19.6 Å². The molecule has 2 aliphatic rings. The highest BCUT2D eigenvalue weighted by Gasteiger charge is 2.50. The van der Waals surface area contributed by atoms with Crippen LogP contribution in [0.3, 0.4) is 0 Å². The van der Waals surface area contributed by atoms with Gasteiger partial charge in [0.1, 0.15) is 10.0 Å². The Kier molecular flexibility index (Phi) is 5.88. The van der Waals surface area contributed by atoms with Crippen LogP contribution < -0.4 is 15.8 Å². The Hall–Kier alpha value is -2.84. The minimum Gasteiger partial charge on any atom is -0.339 e. The molecule has 2 fully saturated rings. The molecular weight excluding hydrogens is 482 g/mol. The summed E-state index contributed by atoms with van der Waals surface area (Å²) >= 11 is 3.57. The normalized spacial score (nSPS) is 18.1. The van der Waals surface area contributed by atoms with Crippen LogP contribution in [-0.4, -0.2) is 45.5 Å². The second-order valence-electron chi connectivity index (χ2n) is 8.66. The number of hydrogen-bond donors (Lipinski definition) is 1. The van der Waals surface area contributed by atoms with Crippen LogP contribution >= 0.6 is 15.9 Å². The maximum Gasteiger partial charge on any atom is 0.286 e. The molecule has 0 radical (unpaired) electrons. The third-order valence-electron chi connectivity index (χ3n) is 6.95. The molecule has 3 aromatic rings. The highest BCUT2D eigenvalue weighted by atomic mass is 79.9. The average molecular weight is 510 g/mol. The molecule has 2 saturated heterocycles. The summed E-state index contributed by atoms with van der Waals surface area (Å²) in [5.74, 6) is 0.118. The molecule has 33 heavy (non-hydrogen) atoms. The number of likely N-dealkylation sites (tertiary alicyclic amines) is 1. The second-order valence-corrected chi connectivity index (χ2v) is 9.46. The summed E-state index contributed by atoms with van der Waals surface area (Å²) in [5.41, 5.74) is 2.35. The van der Waals surface area contributed by atoms with E-state index in [0.717, 1.165) is 43.0 Å². The number of halogens is 1. The van der Waals surface area contributed by atoms with Gasteiger partial charge in [-0.15, -0.1) is 0 Å². The fourth-order valence-electron chi connectivity index (χ4n) is 5.19. The van der Waals surface area contributed by atoms with Gasteiger partial charge in [0, 0.05) is 31.9 Å². The van der Waals surface area contributed by atoms with Crippen molar-refractivity contribution in [3.8, 4) is 5.69 Å². The zero-order valence-corrected chi connectivity index (χ0v) is 20.3. The van der Waals surface area contributed by atoms with Gasteiger partial charge in [-0.25, -0.2) is 4.68 Å². The monoisotopic (exact) mass is 509 g/mol. The van der Waals surface area contributed by atoms with Crippen LogP contribution in [0.25, 0.3) is 5.69 Å². The summed E-state index contributed by atoms with van der Waals surface area (Å²) in [5, 5.41) is 3.06. The number of piperidine rings is 1. The molecule has 8 heteroatoms. The molecule has 0 atom stereocenters. The molecule has 0 aliphatic carbocycles. The lowest BCUT2D eigenvalue weighted by molar-refractivity contribution is -0.125. The maximum absolute atomic E-state index is 13.1. The number of nitrogens with zero attached hydrogens (tertiary/aromatic N) is 4. The minimum atomic E-state index is -0.504. The van der Waals surface area contributed by atoms with Crippen LogP contribution in [0.5, 0.6) is 0 Å². The number of amides is 1. The van der Waals surface area contributed by atoms with Crippen molar-refractivity contribution in [2.75, 3.05) is 24.7 Å². The Bertz CT molecular complexity index is 1200. The first-order valence-corrected chi connectivity index (χ1v) is 12.2. The van der Waals surface area contributed by atoms with E-state index in [-0.39, 0.29) is 11.5 Å². The first kappa shape index (κ1) is 22.0. The molecule has 7 nitrogen and oxygen atoms in total. The van der Waals surface area contributed by atoms with E-state index in [1.165, 1.54) is 0 Å². The quantitative estimate of drug-likeness (QED) is 0.572. The van der Waals surface area contributed by atoms with Gasteiger partial charge in [0.2, 0.25) is 5.91 Å². The van der Waals surface area contributed by atoms with Crippen molar-refractivity contribution < 1.29 is 4.79 Å². The molecule has 1 aromatic heterocycles. The van der Waals surface area contributed by atoms with Crippen molar-refractivity contribution in [2.45, 2.75) is 38.4 Å². The van der Waals surface area contributed by atoms with Crippen molar-refractivity contribution in [2.24, 2.45) is 0 Å². The zero-order valence-electron chi connectivity index (χ0n) is 18.7. The van der Waals surface area contributed by atoms with Gasteiger partial charge in [-0.05, 0) is 60.0 Å². The van der Waals surface area contributed by atoms with Crippen LogP contribution in [-0.2, 0) is 17.9 Å². The maximum atomic E-state index is 13.1. The van der Waals surface area contributed by atoms with Crippen LogP contribution in [0.15, 0.2) is 69.9 Å². The summed E-state index contributed by atoms with van der Waals surface area (Å²) in [6, 6.07) is 19.9. The van der Waals surface area contributed by atoms with E-state index in [1.807, 2.05) is 53.2 Å². The second kappa shape index (κ2) is 8.83. The summed E-state index contributed by atoms with van der Waals surface area (Å²) in [6.45, 7) is 5.53. The third kappa shape index (κ3) is 3.71.